The number of rotatable bonds is 3. The Labute approximate surface area is 108 Å². The highest BCUT2D eigenvalue weighted by atomic mass is 32.2. The molecule has 0 aromatic heterocycles. The molecule has 0 fully saturated rings. The fourth-order valence-corrected chi connectivity index (χ4v) is 3.77. The number of carbonyl (C=O) groups is 2. The van der Waals surface area contributed by atoms with Crippen LogP contribution in [0.15, 0.2) is 21.9 Å². The number of fused-ring (bicyclic) bond motifs is 1. The summed E-state index contributed by atoms with van der Waals surface area (Å²) < 4.78 is 0. The van der Waals surface area contributed by atoms with Gasteiger partial charge in [0.25, 0.3) is 0 Å². The highest BCUT2D eigenvalue weighted by molar-refractivity contribution is 8.00. The molecule has 1 aromatic rings. The van der Waals surface area contributed by atoms with Crippen LogP contribution in [0.3, 0.4) is 0 Å². The van der Waals surface area contributed by atoms with Crippen molar-refractivity contribution in [2.24, 2.45) is 0 Å². The third kappa shape index (κ3) is 2.66. The predicted molar refractivity (Wildman–Crippen MR) is 69.2 cm³/mol. The Morgan fingerprint density at radius 3 is 3.00 bits per heavy atom. The molecule has 0 saturated heterocycles. The van der Waals surface area contributed by atoms with Crippen LogP contribution in [0, 0.1) is 6.92 Å². The average molecular weight is 268 g/mol. The van der Waals surface area contributed by atoms with Crippen LogP contribution in [0.25, 0.3) is 0 Å². The number of aryl methyl sites for hydroxylation is 1. The fourth-order valence-electron chi connectivity index (χ4n) is 1.75. The summed E-state index contributed by atoms with van der Waals surface area (Å²) in [6.07, 6.45) is 0.543. The van der Waals surface area contributed by atoms with Crippen LogP contribution in [0.4, 0.5) is 0 Å². The second kappa shape index (κ2) is 5.14. The third-order valence-electron chi connectivity index (χ3n) is 2.52. The third-order valence-corrected chi connectivity index (χ3v) is 4.79. The van der Waals surface area contributed by atoms with Crippen molar-refractivity contribution in [3.05, 3.63) is 23.3 Å². The number of ketones is 1. The number of carboxylic acids is 1. The second-order valence-electron chi connectivity index (χ2n) is 3.79. The zero-order valence-corrected chi connectivity index (χ0v) is 11.0. The molecule has 1 aliphatic heterocycles. The van der Waals surface area contributed by atoms with Crippen molar-refractivity contribution < 1.29 is 14.7 Å². The van der Waals surface area contributed by atoms with Gasteiger partial charge in [0.2, 0.25) is 0 Å². The Hall–Kier alpha value is -0.940. The SMILES string of the molecule is Cc1ccc(SCC(=O)O)c2c1SCCC2=O. The van der Waals surface area contributed by atoms with Gasteiger partial charge in [-0.15, -0.1) is 23.5 Å². The quantitative estimate of drug-likeness (QED) is 0.854. The zero-order valence-electron chi connectivity index (χ0n) is 9.36. The molecule has 0 spiro atoms. The average Bonchev–Trinajstić information content (AvgIpc) is 2.29. The summed E-state index contributed by atoms with van der Waals surface area (Å²) in [6, 6.07) is 3.81. The van der Waals surface area contributed by atoms with E-state index in [0.717, 1.165) is 26.7 Å². The molecule has 1 N–H and O–H groups in total. The van der Waals surface area contributed by atoms with E-state index >= 15 is 0 Å². The standard InChI is InChI=1S/C12H12O3S2/c1-7-2-3-9(17-6-10(14)15)11-8(13)4-5-16-12(7)11/h2-3H,4-6H2,1H3,(H,14,15). The van der Waals surface area contributed by atoms with E-state index in [9.17, 15) is 9.59 Å². The Balaban J connectivity index is 2.39. The summed E-state index contributed by atoms with van der Waals surface area (Å²) in [7, 11) is 0. The van der Waals surface area contributed by atoms with Gasteiger partial charge in [-0.25, -0.2) is 0 Å². The monoisotopic (exact) mass is 268 g/mol. The zero-order chi connectivity index (χ0) is 12.4. The summed E-state index contributed by atoms with van der Waals surface area (Å²) in [5.41, 5.74) is 1.82. The van der Waals surface area contributed by atoms with E-state index < -0.39 is 5.97 Å². The minimum Gasteiger partial charge on any atom is -0.481 e. The van der Waals surface area contributed by atoms with Crippen molar-refractivity contribution in [2.75, 3.05) is 11.5 Å². The van der Waals surface area contributed by atoms with Gasteiger partial charge in [-0.1, -0.05) is 6.07 Å². The van der Waals surface area contributed by atoms with E-state index in [2.05, 4.69) is 0 Å². The molecule has 0 amide bonds. The van der Waals surface area contributed by atoms with Gasteiger partial charge in [0, 0.05) is 27.5 Å². The van der Waals surface area contributed by atoms with Gasteiger partial charge in [-0.05, 0) is 18.6 Å². The van der Waals surface area contributed by atoms with Gasteiger partial charge in [0.1, 0.15) is 0 Å². The van der Waals surface area contributed by atoms with Gasteiger partial charge < -0.3 is 5.11 Å². The van der Waals surface area contributed by atoms with E-state index in [-0.39, 0.29) is 11.5 Å². The van der Waals surface area contributed by atoms with Gasteiger partial charge in [0.05, 0.1) is 5.75 Å². The van der Waals surface area contributed by atoms with Gasteiger partial charge in [-0.2, -0.15) is 0 Å². The first-order valence-corrected chi connectivity index (χ1v) is 7.21. The Bertz CT molecular complexity index is 483. The number of aliphatic carboxylic acids is 1. The van der Waals surface area contributed by atoms with Crippen molar-refractivity contribution in [2.45, 2.75) is 23.1 Å². The molecular weight excluding hydrogens is 256 g/mol. The van der Waals surface area contributed by atoms with Gasteiger partial charge in [0.15, 0.2) is 5.78 Å². The summed E-state index contributed by atoms with van der Waals surface area (Å²) in [5, 5.41) is 8.69. The minimum atomic E-state index is -0.861. The lowest BCUT2D eigenvalue weighted by atomic mass is 10.1. The molecule has 0 unspecified atom stereocenters. The first kappa shape index (κ1) is 12.5. The normalized spacial score (nSPS) is 14.5. The smallest absolute Gasteiger partial charge is 0.313 e. The maximum atomic E-state index is 11.9. The van der Waals surface area contributed by atoms with Crippen molar-refractivity contribution >= 4 is 35.3 Å². The topological polar surface area (TPSA) is 54.4 Å². The van der Waals surface area contributed by atoms with E-state index in [1.807, 2.05) is 19.1 Å². The molecule has 3 nitrogen and oxygen atoms in total. The van der Waals surface area contributed by atoms with E-state index in [1.54, 1.807) is 11.8 Å². The second-order valence-corrected chi connectivity index (χ2v) is 5.91. The molecule has 5 heteroatoms. The number of benzene rings is 1. The van der Waals surface area contributed by atoms with Crippen LogP contribution in [0.2, 0.25) is 0 Å². The van der Waals surface area contributed by atoms with Crippen LogP contribution in [-0.2, 0) is 4.79 Å². The number of carboxylic acid groups (broad SMARTS) is 1. The molecule has 0 bridgehead atoms. The summed E-state index contributed by atoms with van der Waals surface area (Å²) in [6.45, 7) is 1.98. The van der Waals surface area contributed by atoms with Crippen LogP contribution < -0.4 is 0 Å². The van der Waals surface area contributed by atoms with Gasteiger partial charge in [-0.3, -0.25) is 9.59 Å². The molecule has 0 atom stereocenters. The fraction of sp³-hybridized carbons (Fsp3) is 0.333. The predicted octanol–water partition coefficient (Wildman–Crippen LogP) is 2.85. The molecule has 0 aliphatic carbocycles. The number of hydrogen-bond donors (Lipinski definition) is 1. The maximum absolute atomic E-state index is 11.9. The molecule has 1 aromatic carbocycles. The van der Waals surface area contributed by atoms with Crippen molar-refractivity contribution in [3.63, 3.8) is 0 Å². The van der Waals surface area contributed by atoms with Crippen molar-refractivity contribution in [3.8, 4) is 0 Å². The lowest BCUT2D eigenvalue weighted by Crippen LogP contribution is -2.11. The van der Waals surface area contributed by atoms with Crippen LogP contribution in [0.5, 0.6) is 0 Å². The summed E-state index contributed by atoms with van der Waals surface area (Å²) in [5.74, 6) is 0.0864. The van der Waals surface area contributed by atoms with E-state index in [1.165, 1.54) is 11.8 Å². The maximum Gasteiger partial charge on any atom is 0.313 e. The first-order chi connectivity index (χ1) is 8.09. The molecule has 2 rings (SSSR count). The molecule has 0 saturated carbocycles. The van der Waals surface area contributed by atoms with E-state index in [0.29, 0.717) is 6.42 Å². The number of carbonyl (C=O) groups excluding carboxylic acids is 1. The largest absolute Gasteiger partial charge is 0.481 e. The van der Waals surface area contributed by atoms with Crippen LogP contribution >= 0.6 is 23.5 Å². The number of Topliss-reactive ketones (excluding diaryl/α,β-unsaturated/α-hetero) is 1. The molecule has 1 heterocycles. The van der Waals surface area contributed by atoms with Crippen molar-refractivity contribution in [1.82, 2.24) is 0 Å². The van der Waals surface area contributed by atoms with Gasteiger partial charge >= 0.3 is 5.97 Å². The lowest BCUT2D eigenvalue weighted by Gasteiger charge is -2.19. The minimum absolute atomic E-state index is 0.00650. The number of hydrogen-bond acceptors (Lipinski definition) is 4. The first-order valence-electron chi connectivity index (χ1n) is 5.24. The highest BCUT2D eigenvalue weighted by Crippen LogP contribution is 2.38. The van der Waals surface area contributed by atoms with E-state index in [4.69, 9.17) is 5.11 Å². The van der Waals surface area contributed by atoms with Crippen LogP contribution in [-0.4, -0.2) is 28.4 Å². The molecule has 17 heavy (non-hydrogen) atoms. The molecular formula is C12H12O3S2. The summed E-state index contributed by atoms with van der Waals surface area (Å²) in [4.78, 5) is 24.3. The molecule has 90 valence electrons. The van der Waals surface area contributed by atoms with Crippen molar-refractivity contribution in [1.29, 1.82) is 0 Å². The highest BCUT2D eigenvalue weighted by Gasteiger charge is 2.23. The number of thioether (sulfide) groups is 2. The Kier molecular flexibility index (Phi) is 3.79. The van der Waals surface area contributed by atoms with Crippen LogP contribution in [0.1, 0.15) is 22.3 Å². The molecule has 1 aliphatic rings. The summed E-state index contributed by atoms with van der Waals surface area (Å²) >= 11 is 2.91. The Morgan fingerprint density at radius 1 is 1.53 bits per heavy atom. The Morgan fingerprint density at radius 2 is 2.29 bits per heavy atom. The lowest BCUT2D eigenvalue weighted by molar-refractivity contribution is -0.133. The molecule has 0 radical (unpaired) electrons.